The zero-order chi connectivity index (χ0) is 50.8. The van der Waals surface area contributed by atoms with Crippen LogP contribution in [0.25, 0.3) is 0 Å². The quantitative estimate of drug-likeness (QED) is 0.0116. The maximum atomic E-state index is 13.0. The smallest absolute Gasteiger partial charge is 0.462 e. The number of hydrogen-bond donors (Lipinski definition) is 10. The first-order chi connectivity index (χ1) is 32.3. The van der Waals surface area contributed by atoms with Crippen LogP contribution in [0.15, 0.2) is 72.9 Å². The molecule has 68 heavy (non-hydrogen) atoms. The largest absolute Gasteiger partial charge is 0.472 e. The molecule has 1 aliphatic carbocycles. The number of aliphatic hydroxyl groups is 7. The molecule has 0 aromatic rings. The molecule has 19 nitrogen and oxygen atoms in total. The summed E-state index contributed by atoms with van der Waals surface area (Å²) in [6.45, 7) is 2.61. The molecule has 0 spiro atoms. The molecule has 0 saturated heterocycles. The van der Waals surface area contributed by atoms with E-state index >= 15 is 0 Å². The molecule has 0 aromatic carbocycles. The Kier molecular flexibility index (Phi) is 34.6. The SMILES string of the molecule is CC/C=C\C[C@H](O)/C=C/C=C/C=C\C=C/[C@@H](O)[C@H](O)CCCC(=O)O[C@H](COC(=O)CCCCCCC/C=C\CCCCCCCC)COP(=O)(O)O[C@H]1C(O)C(O)C(O)[C@@H](OP(=O)(O)O)C1O. The van der Waals surface area contributed by atoms with Gasteiger partial charge in [-0.3, -0.25) is 23.2 Å². The van der Waals surface area contributed by atoms with Crippen LogP contribution in [0.1, 0.15) is 136 Å². The number of allylic oxidation sites excluding steroid dienone is 9. The third-order valence-electron chi connectivity index (χ3n) is 10.6. The normalized spacial score (nSPS) is 23.3. The molecule has 0 aliphatic heterocycles. The van der Waals surface area contributed by atoms with Gasteiger partial charge in [-0.15, -0.1) is 0 Å². The molecule has 0 aromatic heterocycles. The molecule has 11 atom stereocenters. The minimum Gasteiger partial charge on any atom is -0.462 e. The Morgan fingerprint density at radius 3 is 1.74 bits per heavy atom. The highest BCUT2D eigenvalue weighted by atomic mass is 31.2. The Morgan fingerprint density at radius 1 is 0.588 bits per heavy atom. The van der Waals surface area contributed by atoms with E-state index in [0.29, 0.717) is 12.8 Å². The summed E-state index contributed by atoms with van der Waals surface area (Å²) in [5.74, 6) is -1.55. The average molecular weight is 1010 g/mol. The van der Waals surface area contributed by atoms with E-state index in [-0.39, 0.29) is 25.7 Å². The predicted octanol–water partition coefficient (Wildman–Crippen LogP) is 5.75. The summed E-state index contributed by atoms with van der Waals surface area (Å²) >= 11 is 0. The van der Waals surface area contributed by atoms with Crippen LogP contribution in [0.2, 0.25) is 0 Å². The highest BCUT2D eigenvalue weighted by Gasteiger charge is 2.54. The summed E-state index contributed by atoms with van der Waals surface area (Å²) in [5.41, 5.74) is 0. The van der Waals surface area contributed by atoms with E-state index in [1.54, 1.807) is 36.5 Å². The van der Waals surface area contributed by atoms with Crippen molar-refractivity contribution in [2.45, 2.75) is 197 Å². The number of unbranched alkanes of at least 4 members (excludes halogenated alkanes) is 11. The molecule has 1 fully saturated rings. The first-order valence-corrected chi connectivity index (χ1v) is 26.8. The number of phosphoric ester groups is 2. The first kappa shape index (κ1) is 63.3. The van der Waals surface area contributed by atoms with E-state index in [4.69, 9.17) is 18.5 Å². The van der Waals surface area contributed by atoms with Crippen molar-refractivity contribution in [3.63, 3.8) is 0 Å². The van der Waals surface area contributed by atoms with Crippen LogP contribution in [-0.4, -0.2) is 137 Å². The molecule has 0 radical (unpaired) electrons. The van der Waals surface area contributed by atoms with Crippen LogP contribution >= 0.6 is 15.6 Å². The molecule has 0 amide bonds. The van der Waals surface area contributed by atoms with Gasteiger partial charge in [0, 0.05) is 12.8 Å². The van der Waals surface area contributed by atoms with Gasteiger partial charge in [-0.1, -0.05) is 138 Å². The maximum absolute atomic E-state index is 13.0. The summed E-state index contributed by atoms with van der Waals surface area (Å²) in [6.07, 6.45) is 17.8. The standard InChI is InChI=1S/C47H80O19P2/c1-3-5-7-8-9-10-11-12-13-14-15-16-17-22-26-32-40(51)62-34-37(35-63-68(60,61)66-47-44(55)42(53)43(54)46(45(47)56)65-67(57,58)59)64-41(52)33-27-31-39(50)38(49)30-25-21-19-18-20-24-29-36(48)28-23-6-4-2/h6,12-13,18-21,23-25,29-30,36-39,42-50,53-56H,3-5,7-11,14-17,22,26-28,31-35H2,1-2H3,(H,60,61)(H2,57,58,59)/b13-12-,20-18+,21-19-,23-6-,29-24+,30-25-/t36-,37+,38+,39+,42?,43?,44?,45?,46+,47-/m0/s1. The maximum Gasteiger partial charge on any atom is 0.472 e. The molecule has 5 unspecified atom stereocenters. The van der Waals surface area contributed by atoms with Crippen molar-refractivity contribution in [1.82, 2.24) is 0 Å². The van der Waals surface area contributed by atoms with Crippen molar-refractivity contribution in [2.24, 2.45) is 0 Å². The van der Waals surface area contributed by atoms with Crippen LogP contribution in [0.4, 0.5) is 0 Å². The fraction of sp³-hybridized carbons (Fsp3) is 0.702. The van der Waals surface area contributed by atoms with Crippen molar-refractivity contribution < 1.29 is 92.2 Å². The molecular formula is C47H80O19P2. The highest BCUT2D eigenvalue weighted by Crippen LogP contribution is 2.49. The predicted molar refractivity (Wildman–Crippen MR) is 254 cm³/mol. The van der Waals surface area contributed by atoms with Gasteiger partial charge in [0.25, 0.3) is 0 Å². The minimum absolute atomic E-state index is 0.0177. The van der Waals surface area contributed by atoms with Crippen LogP contribution in [0, 0.1) is 0 Å². The second-order valence-electron chi connectivity index (χ2n) is 16.7. The monoisotopic (exact) mass is 1010 g/mol. The van der Waals surface area contributed by atoms with Gasteiger partial charge in [-0.2, -0.15) is 0 Å². The Balaban J connectivity index is 2.76. The van der Waals surface area contributed by atoms with Crippen LogP contribution in [0.3, 0.4) is 0 Å². The summed E-state index contributed by atoms with van der Waals surface area (Å²) in [6, 6.07) is 0. The van der Waals surface area contributed by atoms with Crippen molar-refractivity contribution >= 4 is 27.6 Å². The van der Waals surface area contributed by atoms with Crippen molar-refractivity contribution in [3.8, 4) is 0 Å². The molecule has 0 heterocycles. The number of carbonyl (C=O) groups excluding carboxylic acids is 2. The summed E-state index contributed by atoms with van der Waals surface area (Å²) in [4.78, 5) is 54.3. The van der Waals surface area contributed by atoms with Gasteiger partial charge in [0.15, 0.2) is 6.10 Å². The fourth-order valence-electron chi connectivity index (χ4n) is 6.77. The summed E-state index contributed by atoms with van der Waals surface area (Å²) < 4.78 is 49.1. The van der Waals surface area contributed by atoms with E-state index < -0.39 is 102 Å². The lowest BCUT2D eigenvalue weighted by Crippen LogP contribution is -2.64. The fourth-order valence-corrected chi connectivity index (χ4v) is 8.31. The number of hydrogen-bond acceptors (Lipinski definition) is 16. The Morgan fingerprint density at radius 2 is 1.13 bits per heavy atom. The molecule has 1 saturated carbocycles. The third kappa shape index (κ3) is 30.8. The van der Waals surface area contributed by atoms with Gasteiger partial charge in [-0.05, 0) is 57.8 Å². The van der Waals surface area contributed by atoms with E-state index in [9.17, 15) is 69.1 Å². The molecular weight excluding hydrogens is 930 g/mol. The van der Waals surface area contributed by atoms with Crippen molar-refractivity contribution in [3.05, 3.63) is 72.9 Å². The lowest BCUT2D eigenvalue weighted by atomic mass is 9.85. The number of esters is 2. The van der Waals surface area contributed by atoms with Gasteiger partial charge in [0.05, 0.1) is 24.9 Å². The number of aliphatic hydroxyl groups excluding tert-OH is 7. The Hall–Kier alpha value is -2.68. The van der Waals surface area contributed by atoms with Gasteiger partial charge >= 0.3 is 27.6 Å². The molecule has 0 bridgehead atoms. The van der Waals surface area contributed by atoms with E-state index in [0.717, 1.165) is 44.9 Å². The number of ether oxygens (including phenoxy) is 2. The Bertz CT molecular complexity index is 1640. The van der Waals surface area contributed by atoms with Crippen molar-refractivity contribution in [2.75, 3.05) is 13.2 Å². The number of rotatable bonds is 38. The zero-order valence-corrected chi connectivity index (χ0v) is 41.4. The third-order valence-corrected chi connectivity index (χ3v) is 12.1. The lowest BCUT2D eigenvalue weighted by Gasteiger charge is -2.43. The summed E-state index contributed by atoms with van der Waals surface area (Å²) in [7, 11) is -10.8. The van der Waals surface area contributed by atoms with Crippen LogP contribution < -0.4 is 0 Å². The van der Waals surface area contributed by atoms with E-state index in [1.807, 2.05) is 19.1 Å². The van der Waals surface area contributed by atoms with Gasteiger partial charge in [-0.25, -0.2) is 9.13 Å². The molecule has 1 rings (SSSR count). The van der Waals surface area contributed by atoms with Gasteiger partial charge in [0.1, 0.15) is 43.2 Å². The van der Waals surface area contributed by atoms with Crippen LogP contribution in [0.5, 0.6) is 0 Å². The Labute approximate surface area is 401 Å². The van der Waals surface area contributed by atoms with Gasteiger partial charge < -0.3 is 59.9 Å². The second kappa shape index (κ2) is 37.1. The molecule has 392 valence electrons. The highest BCUT2D eigenvalue weighted by molar-refractivity contribution is 7.47. The molecule has 10 N–H and O–H groups in total. The number of phosphoric acid groups is 2. The topological polar surface area (TPSA) is 317 Å². The van der Waals surface area contributed by atoms with Gasteiger partial charge in [0.2, 0.25) is 0 Å². The molecule has 21 heteroatoms. The first-order valence-electron chi connectivity index (χ1n) is 23.8. The van der Waals surface area contributed by atoms with E-state index in [1.165, 1.54) is 50.7 Å². The van der Waals surface area contributed by atoms with Crippen LogP contribution in [-0.2, 0) is 41.8 Å². The van der Waals surface area contributed by atoms with E-state index in [2.05, 4.69) is 23.6 Å². The number of carbonyl (C=O) groups is 2. The molecule has 1 aliphatic rings. The minimum atomic E-state index is -5.41. The summed E-state index contributed by atoms with van der Waals surface area (Å²) in [5, 5.41) is 71.8. The lowest BCUT2D eigenvalue weighted by molar-refractivity contribution is -0.216. The van der Waals surface area contributed by atoms with Crippen molar-refractivity contribution in [1.29, 1.82) is 0 Å². The second-order valence-corrected chi connectivity index (χ2v) is 19.3. The average Bonchev–Trinajstić information content (AvgIpc) is 3.28. The zero-order valence-electron chi connectivity index (χ0n) is 39.6.